The summed E-state index contributed by atoms with van der Waals surface area (Å²) in [5.74, 6) is -1.92. The highest BCUT2D eigenvalue weighted by molar-refractivity contribution is 5.88. The van der Waals surface area contributed by atoms with Gasteiger partial charge in [0.1, 0.15) is 46.9 Å². The minimum absolute atomic E-state index is 0.0218. The summed E-state index contributed by atoms with van der Waals surface area (Å²) in [6.07, 6.45) is -7.48. The molecule has 0 radical (unpaired) electrons. The van der Waals surface area contributed by atoms with Gasteiger partial charge in [-0.1, -0.05) is 0 Å². The van der Waals surface area contributed by atoms with Gasteiger partial charge in [-0.2, -0.15) is 0 Å². The molecule has 1 aliphatic rings. The van der Waals surface area contributed by atoms with Crippen molar-refractivity contribution in [2.45, 2.75) is 30.7 Å². The molecule has 1 saturated heterocycles. The molecule has 0 bridgehead atoms. The molecule has 34 heavy (non-hydrogen) atoms. The zero-order valence-corrected chi connectivity index (χ0v) is 17.7. The van der Waals surface area contributed by atoms with Gasteiger partial charge in [0.05, 0.1) is 13.7 Å². The van der Waals surface area contributed by atoms with Crippen LogP contribution in [0.15, 0.2) is 39.5 Å². The molecule has 0 saturated carbocycles. The zero-order chi connectivity index (χ0) is 24.7. The molecule has 4 rings (SSSR count). The molecule has 0 unspecified atom stereocenters. The average molecular weight is 478 g/mol. The number of phenolic OH excluding ortho intramolecular Hbond substituents is 2. The first kappa shape index (κ1) is 23.6. The Morgan fingerprint density at radius 3 is 2.38 bits per heavy atom. The third kappa shape index (κ3) is 3.97. The van der Waals surface area contributed by atoms with E-state index in [9.17, 15) is 40.5 Å². The van der Waals surface area contributed by atoms with Crippen LogP contribution in [0.1, 0.15) is 0 Å². The number of fused-ring (bicyclic) bond motifs is 1. The summed E-state index contributed by atoms with van der Waals surface area (Å²) in [7, 11) is 1.30. The fourth-order valence-electron chi connectivity index (χ4n) is 3.67. The lowest BCUT2D eigenvalue weighted by atomic mass is 9.99. The Kier molecular flexibility index (Phi) is 6.25. The molecular weight excluding hydrogens is 456 g/mol. The second-order valence-electron chi connectivity index (χ2n) is 7.63. The lowest BCUT2D eigenvalue weighted by Crippen LogP contribution is -2.60. The summed E-state index contributed by atoms with van der Waals surface area (Å²) in [6, 6.07) is 6.11. The highest BCUT2D eigenvalue weighted by Gasteiger charge is 2.45. The van der Waals surface area contributed by atoms with E-state index in [0.29, 0.717) is 0 Å². The molecule has 7 N–H and O–H groups in total. The van der Waals surface area contributed by atoms with Crippen molar-refractivity contribution in [1.29, 1.82) is 0 Å². The molecule has 3 aromatic rings. The van der Waals surface area contributed by atoms with Crippen LogP contribution in [0.2, 0.25) is 0 Å². The van der Waals surface area contributed by atoms with Crippen molar-refractivity contribution in [3.05, 3.63) is 40.6 Å². The molecule has 5 atom stereocenters. The Bertz CT molecular complexity index is 1270. The van der Waals surface area contributed by atoms with Gasteiger partial charge >= 0.3 is 0 Å². The van der Waals surface area contributed by atoms with Crippen LogP contribution in [0, 0.1) is 0 Å². The van der Waals surface area contributed by atoms with Gasteiger partial charge in [-0.3, -0.25) is 4.79 Å². The van der Waals surface area contributed by atoms with Crippen LogP contribution in [0.3, 0.4) is 0 Å². The van der Waals surface area contributed by atoms with E-state index in [1.54, 1.807) is 0 Å². The third-order valence-corrected chi connectivity index (χ3v) is 5.45. The number of benzene rings is 2. The van der Waals surface area contributed by atoms with Gasteiger partial charge in [-0.05, 0) is 18.2 Å². The summed E-state index contributed by atoms with van der Waals surface area (Å²) in [5, 5.41) is 69.1. The van der Waals surface area contributed by atoms with Crippen LogP contribution in [0.4, 0.5) is 0 Å². The Hall–Kier alpha value is -3.55. The van der Waals surface area contributed by atoms with Crippen LogP contribution in [-0.2, 0) is 4.74 Å². The maximum atomic E-state index is 12.6. The van der Waals surface area contributed by atoms with Gasteiger partial charge in [0, 0.05) is 17.7 Å². The van der Waals surface area contributed by atoms with Crippen molar-refractivity contribution in [1.82, 2.24) is 0 Å². The minimum Gasteiger partial charge on any atom is -0.508 e. The van der Waals surface area contributed by atoms with Crippen molar-refractivity contribution in [3.8, 4) is 40.1 Å². The molecule has 0 amide bonds. The zero-order valence-electron chi connectivity index (χ0n) is 17.7. The Morgan fingerprint density at radius 2 is 1.71 bits per heavy atom. The van der Waals surface area contributed by atoms with Gasteiger partial charge in [0.2, 0.25) is 17.5 Å². The van der Waals surface area contributed by atoms with Gasteiger partial charge in [-0.25, -0.2) is 0 Å². The quantitative estimate of drug-likeness (QED) is 0.254. The van der Waals surface area contributed by atoms with Crippen molar-refractivity contribution < 1.29 is 54.4 Å². The van der Waals surface area contributed by atoms with Crippen LogP contribution < -0.4 is 14.9 Å². The summed E-state index contributed by atoms with van der Waals surface area (Å²) in [5.41, 5.74) is -0.928. The number of phenols is 2. The smallest absolute Gasteiger partial charge is 0.238 e. The monoisotopic (exact) mass is 478 g/mol. The minimum atomic E-state index is -1.65. The maximum Gasteiger partial charge on any atom is 0.238 e. The highest BCUT2D eigenvalue weighted by atomic mass is 16.7. The third-order valence-electron chi connectivity index (χ3n) is 5.45. The molecule has 0 aliphatic carbocycles. The number of aromatic hydroxyl groups is 3. The standard InChI is InChI=1S/C22H22O12/c1-31-12-4-8(21-19(29)17(27)15-10(25)5-9(24)6-13(15)32-21)2-3-11(12)33-22-20(30)18(28)16(26)14(7-23)34-22/h2-6,14,16,18,20,22-26,28-30H,7H2,1H3/t14-,16-,18+,20-,22+/m1/s1. The van der Waals surface area contributed by atoms with E-state index in [-0.39, 0.29) is 39.5 Å². The topological polar surface area (TPSA) is 200 Å². The Morgan fingerprint density at radius 1 is 0.971 bits per heavy atom. The first-order valence-corrected chi connectivity index (χ1v) is 10.0. The van der Waals surface area contributed by atoms with Gasteiger partial charge in [-0.15, -0.1) is 0 Å². The molecule has 12 heteroatoms. The van der Waals surface area contributed by atoms with E-state index in [2.05, 4.69) is 0 Å². The van der Waals surface area contributed by atoms with E-state index in [0.717, 1.165) is 12.1 Å². The first-order valence-electron chi connectivity index (χ1n) is 10.0. The van der Waals surface area contributed by atoms with Crippen molar-refractivity contribution in [3.63, 3.8) is 0 Å². The molecule has 1 fully saturated rings. The van der Waals surface area contributed by atoms with Gasteiger partial charge in [0.25, 0.3) is 0 Å². The second-order valence-corrected chi connectivity index (χ2v) is 7.63. The van der Waals surface area contributed by atoms with E-state index in [4.69, 9.17) is 18.6 Å². The fourth-order valence-corrected chi connectivity index (χ4v) is 3.67. The summed E-state index contributed by atoms with van der Waals surface area (Å²) in [4.78, 5) is 12.6. The number of hydrogen-bond donors (Lipinski definition) is 7. The number of ether oxygens (including phenoxy) is 3. The summed E-state index contributed by atoms with van der Waals surface area (Å²) in [6.45, 7) is -0.633. The average Bonchev–Trinajstić information content (AvgIpc) is 2.81. The van der Waals surface area contributed by atoms with Gasteiger partial charge in [0.15, 0.2) is 17.3 Å². The lowest BCUT2D eigenvalue weighted by molar-refractivity contribution is -0.277. The molecule has 1 aliphatic heterocycles. The summed E-state index contributed by atoms with van der Waals surface area (Å²) >= 11 is 0. The molecule has 2 aromatic carbocycles. The van der Waals surface area contributed by atoms with Crippen LogP contribution in [-0.4, -0.2) is 80.2 Å². The van der Waals surface area contributed by atoms with E-state index < -0.39 is 54.2 Å². The fraction of sp³-hybridized carbons (Fsp3) is 0.318. The van der Waals surface area contributed by atoms with Crippen LogP contribution >= 0.6 is 0 Å². The molecule has 12 nitrogen and oxygen atoms in total. The van der Waals surface area contributed by atoms with Gasteiger partial charge < -0.3 is 54.4 Å². The van der Waals surface area contributed by atoms with Crippen molar-refractivity contribution in [2.75, 3.05) is 13.7 Å². The first-order chi connectivity index (χ1) is 16.2. The summed E-state index contributed by atoms with van der Waals surface area (Å²) < 4.78 is 21.7. The van der Waals surface area contributed by atoms with Crippen LogP contribution in [0.25, 0.3) is 22.3 Å². The molecule has 1 aromatic heterocycles. The number of rotatable bonds is 5. The molecular formula is C22H22O12. The highest BCUT2D eigenvalue weighted by Crippen LogP contribution is 2.39. The van der Waals surface area contributed by atoms with Crippen molar-refractivity contribution >= 4 is 11.0 Å². The SMILES string of the molecule is COc1cc(-c2oc3cc(O)cc(O)c3c(=O)c2O)ccc1O[C@H]1O[C@H](CO)[C@@H](O)[C@H](O)[C@H]1O. The molecule has 182 valence electrons. The molecule has 0 spiro atoms. The van der Waals surface area contributed by atoms with E-state index in [1.165, 1.54) is 25.3 Å². The van der Waals surface area contributed by atoms with E-state index >= 15 is 0 Å². The second kappa shape index (κ2) is 9.00. The molecule has 2 heterocycles. The largest absolute Gasteiger partial charge is 0.508 e. The Labute approximate surface area is 191 Å². The normalized spacial score (nSPS) is 24.8. The predicted octanol–water partition coefficient (Wildman–Crippen LogP) is -0.236. The Balaban J connectivity index is 1.71. The number of aliphatic hydroxyl groups excluding tert-OH is 4. The van der Waals surface area contributed by atoms with Crippen LogP contribution in [0.5, 0.6) is 28.7 Å². The van der Waals surface area contributed by atoms with E-state index in [1.807, 2.05) is 0 Å². The number of hydrogen-bond acceptors (Lipinski definition) is 12. The van der Waals surface area contributed by atoms with Crippen molar-refractivity contribution in [2.24, 2.45) is 0 Å². The lowest BCUT2D eigenvalue weighted by Gasteiger charge is -2.39. The number of methoxy groups -OCH3 is 1. The maximum absolute atomic E-state index is 12.6. The number of aliphatic hydroxyl groups is 4. The predicted molar refractivity (Wildman–Crippen MR) is 114 cm³/mol.